The van der Waals surface area contributed by atoms with Gasteiger partial charge in [-0.1, -0.05) is 37.5 Å². The highest BCUT2D eigenvalue weighted by Crippen LogP contribution is 2.58. The minimum atomic E-state index is -0.177. The van der Waals surface area contributed by atoms with Gasteiger partial charge in [0.05, 0.1) is 0 Å². The fraction of sp³-hybridized carbons (Fsp3) is 0.800. The van der Waals surface area contributed by atoms with Crippen molar-refractivity contribution in [2.45, 2.75) is 229 Å². The Labute approximate surface area is 430 Å². The van der Waals surface area contributed by atoms with E-state index >= 15 is 0 Å². The third-order valence-electron chi connectivity index (χ3n) is 19.8. The molecule has 0 unspecified atom stereocenters. The molecule has 12 heteroatoms. The molecule has 1 aromatic carbocycles. The molecule has 0 heterocycles. The number of nitrogens with one attached hydrogen (secondary N) is 6. The van der Waals surface area contributed by atoms with Gasteiger partial charge >= 0.3 is 0 Å². The van der Waals surface area contributed by atoms with Crippen molar-refractivity contribution in [3.8, 4) is 0 Å². The summed E-state index contributed by atoms with van der Waals surface area (Å²) in [5.41, 5.74) is 3.82. The summed E-state index contributed by atoms with van der Waals surface area (Å²) in [5.74, 6) is 5.87. The maximum Gasteiger partial charge on any atom is 0.229 e. The first-order valence-electron chi connectivity index (χ1n) is 29.7. The molecule has 12 aliphatic carbocycles. The molecule has 12 bridgehead atoms. The zero-order valence-corrected chi connectivity index (χ0v) is 43.8. The standard InChI is InChI=1S/C60H90N6O6/c67-52(28-55(70)64-58-31-43-19-44(32-58)21-45(20-43)33-58)61-13-7-1-4-10-40-16-41(11-5-2-8-14-62-53(68)29-56(71)65-59-34-46-22-47(35-59)24-48(23-46)36-59)18-42(17-40)12-6-3-9-15-63-54(69)30-57(72)66-60-37-49-25-50(38-60)27-51(26-49)39-60/h16-18,43-51H,1-15,19-39H2,(H,61,67)(H,62,68)(H,63,69)(H,64,70)(H,65,71)(H,66,72). The van der Waals surface area contributed by atoms with Crippen molar-refractivity contribution >= 4 is 35.4 Å². The van der Waals surface area contributed by atoms with Gasteiger partial charge in [-0.2, -0.15) is 0 Å². The third kappa shape index (κ3) is 13.7. The van der Waals surface area contributed by atoms with Crippen LogP contribution < -0.4 is 31.9 Å². The molecule has 396 valence electrons. The Morgan fingerprint density at radius 2 is 0.542 bits per heavy atom. The van der Waals surface area contributed by atoms with Gasteiger partial charge in [0.25, 0.3) is 0 Å². The fourth-order valence-corrected chi connectivity index (χ4v) is 18.3. The van der Waals surface area contributed by atoms with Crippen molar-refractivity contribution in [3.63, 3.8) is 0 Å². The summed E-state index contributed by atoms with van der Waals surface area (Å²) in [5, 5.41) is 19.0. The van der Waals surface area contributed by atoms with E-state index in [2.05, 4.69) is 50.1 Å². The molecule has 1 aromatic rings. The summed E-state index contributed by atoms with van der Waals surface area (Å²) in [4.78, 5) is 77.2. The largest absolute Gasteiger partial charge is 0.356 e. The van der Waals surface area contributed by atoms with E-state index in [1.165, 1.54) is 74.5 Å². The molecule has 0 spiro atoms. The lowest BCUT2D eigenvalue weighted by molar-refractivity contribution is -0.134. The van der Waals surface area contributed by atoms with E-state index < -0.39 is 0 Å². The number of benzene rings is 1. The smallest absolute Gasteiger partial charge is 0.229 e. The second-order valence-corrected chi connectivity index (χ2v) is 26.4. The Kier molecular flexibility index (Phi) is 16.4. The van der Waals surface area contributed by atoms with Gasteiger partial charge in [-0.15, -0.1) is 0 Å². The van der Waals surface area contributed by atoms with Crippen LogP contribution in [0.25, 0.3) is 0 Å². The van der Waals surface area contributed by atoms with Crippen LogP contribution in [0.15, 0.2) is 18.2 Å². The minimum absolute atomic E-state index is 0.0655. The quantitative estimate of drug-likeness (QED) is 0.0380. The molecule has 12 aliphatic rings. The molecule has 12 nitrogen and oxygen atoms in total. The number of aryl methyl sites for hydroxylation is 3. The molecule has 0 aliphatic heterocycles. The normalized spacial score (nSPS) is 33.9. The topological polar surface area (TPSA) is 175 Å². The van der Waals surface area contributed by atoms with Crippen LogP contribution in [0.5, 0.6) is 0 Å². The Morgan fingerprint density at radius 1 is 0.319 bits per heavy atom. The van der Waals surface area contributed by atoms with Gasteiger partial charge in [-0.3, -0.25) is 28.8 Å². The van der Waals surface area contributed by atoms with Crippen LogP contribution in [0.3, 0.4) is 0 Å². The van der Waals surface area contributed by atoms with Crippen molar-refractivity contribution in [2.75, 3.05) is 19.6 Å². The Morgan fingerprint density at radius 3 is 0.764 bits per heavy atom. The van der Waals surface area contributed by atoms with Crippen LogP contribution in [0.2, 0.25) is 0 Å². The Bertz CT molecular complexity index is 1780. The average molecular weight is 991 g/mol. The predicted molar refractivity (Wildman–Crippen MR) is 279 cm³/mol. The number of rotatable bonds is 27. The number of amides is 6. The van der Waals surface area contributed by atoms with Crippen LogP contribution in [0.1, 0.15) is 209 Å². The minimum Gasteiger partial charge on any atom is -0.356 e. The monoisotopic (exact) mass is 991 g/mol. The molecular weight excluding hydrogens is 901 g/mol. The fourth-order valence-electron chi connectivity index (χ4n) is 18.3. The van der Waals surface area contributed by atoms with Gasteiger partial charge in [-0.25, -0.2) is 0 Å². The maximum atomic E-state index is 13.0. The van der Waals surface area contributed by atoms with E-state index in [4.69, 9.17) is 0 Å². The first-order valence-corrected chi connectivity index (χ1v) is 29.7. The molecule has 72 heavy (non-hydrogen) atoms. The van der Waals surface area contributed by atoms with Crippen molar-refractivity contribution in [2.24, 2.45) is 53.3 Å². The highest BCUT2D eigenvalue weighted by Gasteiger charge is 2.54. The van der Waals surface area contributed by atoms with Crippen LogP contribution in [0.4, 0.5) is 0 Å². The second kappa shape index (κ2) is 22.9. The van der Waals surface area contributed by atoms with Crippen molar-refractivity contribution < 1.29 is 28.8 Å². The summed E-state index contributed by atoms with van der Waals surface area (Å²) in [6.45, 7) is 1.75. The third-order valence-corrected chi connectivity index (χ3v) is 19.8. The van der Waals surface area contributed by atoms with Crippen LogP contribution in [0, 0.1) is 53.3 Å². The molecule has 0 aromatic heterocycles. The van der Waals surface area contributed by atoms with E-state index in [0.717, 1.165) is 188 Å². The van der Waals surface area contributed by atoms with Crippen LogP contribution in [-0.2, 0) is 48.0 Å². The summed E-state index contributed by atoms with van der Waals surface area (Å²) < 4.78 is 0. The van der Waals surface area contributed by atoms with Gasteiger partial charge in [-0.05, 0) is 243 Å². The van der Waals surface area contributed by atoms with Crippen LogP contribution in [-0.4, -0.2) is 71.7 Å². The van der Waals surface area contributed by atoms with Gasteiger partial charge in [0.2, 0.25) is 35.4 Å². The highest BCUT2D eigenvalue weighted by molar-refractivity contribution is 5.98. The van der Waals surface area contributed by atoms with E-state index in [0.29, 0.717) is 19.6 Å². The zero-order chi connectivity index (χ0) is 49.7. The SMILES string of the molecule is O=C(CC(=O)NC12CC3CC(CC(C3)C1)C2)NCCCCCc1cc(CCCCCNC(=O)CC(=O)NC23CC4CC(CC(C4)C2)C3)cc(CCCCCNC(=O)CC(=O)NC23CC4CC(CC(C4)C2)C3)c1. The van der Waals surface area contributed by atoms with Gasteiger partial charge < -0.3 is 31.9 Å². The lowest BCUT2D eigenvalue weighted by Gasteiger charge is -2.56. The summed E-state index contributed by atoms with van der Waals surface area (Å²) in [6, 6.07) is 7.06. The van der Waals surface area contributed by atoms with Crippen molar-refractivity contribution in [1.82, 2.24) is 31.9 Å². The van der Waals surface area contributed by atoms with Gasteiger partial charge in [0.15, 0.2) is 0 Å². The molecule has 12 fully saturated rings. The number of hydrogen-bond acceptors (Lipinski definition) is 6. The lowest BCUT2D eigenvalue weighted by Crippen LogP contribution is -2.60. The maximum absolute atomic E-state index is 13.0. The average Bonchev–Trinajstić information content (AvgIpc) is 3.27. The van der Waals surface area contributed by atoms with Gasteiger partial charge in [0, 0.05) is 36.3 Å². The van der Waals surface area contributed by atoms with E-state index in [1.54, 1.807) is 0 Å². The molecule has 12 saturated carbocycles. The molecular formula is C60H90N6O6. The molecule has 6 amide bonds. The predicted octanol–water partition coefficient (Wildman–Crippen LogP) is 8.60. The number of hydrogen-bond donors (Lipinski definition) is 6. The van der Waals surface area contributed by atoms with Gasteiger partial charge in [0.1, 0.15) is 19.3 Å². The molecule has 13 rings (SSSR count). The summed E-state index contributed by atoms with van der Waals surface area (Å²) >= 11 is 0. The van der Waals surface area contributed by atoms with Crippen molar-refractivity contribution in [1.29, 1.82) is 0 Å². The first-order chi connectivity index (χ1) is 34.8. The summed E-state index contributed by atoms with van der Waals surface area (Å²) in [7, 11) is 0. The Hall–Kier alpha value is -3.96. The zero-order valence-electron chi connectivity index (χ0n) is 43.8. The molecule has 0 radical (unpaired) electrons. The van der Waals surface area contributed by atoms with E-state index in [-0.39, 0.29) is 71.3 Å². The lowest BCUT2D eigenvalue weighted by atomic mass is 9.53. The second-order valence-electron chi connectivity index (χ2n) is 26.4. The van der Waals surface area contributed by atoms with Crippen LogP contribution >= 0.6 is 0 Å². The number of unbranched alkanes of at least 4 members (excludes halogenated alkanes) is 6. The summed E-state index contributed by atoms with van der Waals surface area (Å²) in [6.07, 6.45) is 33.0. The first kappa shape index (κ1) is 51.5. The highest BCUT2D eigenvalue weighted by atomic mass is 16.2. The van der Waals surface area contributed by atoms with E-state index in [1.807, 2.05) is 0 Å². The molecule has 6 N–H and O–H groups in total. The molecule has 0 saturated heterocycles. The number of carbonyl (C=O) groups is 6. The molecule has 0 atom stereocenters. The number of carbonyl (C=O) groups excluding carboxylic acids is 6. The van der Waals surface area contributed by atoms with Crippen molar-refractivity contribution in [3.05, 3.63) is 34.9 Å². The Balaban J connectivity index is 0.622. The van der Waals surface area contributed by atoms with E-state index in [9.17, 15) is 28.8 Å².